The molecule has 2 fully saturated rings. The van der Waals surface area contributed by atoms with Crippen molar-refractivity contribution in [1.29, 1.82) is 0 Å². The number of aliphatic hydroxyl groups is 1. The van der Waals surface area contributed by atoms with Crippen molar-refractivity contribution in [2.24, 2.45) is 0 Å². The first-order valence-corrected chi connectivity index (χ1v) is 11.0. The molecule has 0 amide bonds. The summed E-state index contributed by atoms with van der Waals surface area (Å²) in [5.41, 5.74) is 1.49. The van der Waals surface area contributed by atoms with Crippen molar-refractivity contribution < 1.29 is 14.6 Å². The molecule has 6 nitrogen and oxygen atoms in total. The molecule has 2 aliphatic heterocycles. The molecule has 2 heterocycles. The van der Waals surface area contributed by atoms with Crippen LogP contribution in [0.2, 0.25) is 0 Å². The summed E-state index contributed by atoms with van der Waals surface area (Å²) in [6, 6.07) is 6.16. The molecule has 6 heteroatoms. The maximum Gasteiger partial charge on any atom is 0.161 e. The van der Waals surface area contributed by atoms with Gasteiger partial charge in [0.1, 0.15) is 12.7 Å². The molecule has 0 radical (unpaired) electrons. The van der Waals surface area contributed by atoms with E-state index in [2.05, 4.69) is 47.7 Å². The van der Waals surface area contributed by atoms with Crippen molar-refractivity contribution in [3.05, 3.63) is 23.8 Å². The average molecular weight is 406 g/mol. The quantitative estimate of drug-likeness (QED) is 0.717. The van der Waals surface area contributed by atoms with E-state index >= 15 is 0 Å². The maximum absolute atomic E-state index is 10.5. The first-order valence-electron chi connectivity index (χ1n) is 11.0. The van der Waals surface area contributed by atoms with Gasteiger partial charge >= 0.3 is 0 Å². The van der Waals surface area contributed by atoms with E-state index in [1.165, 1.54) is 18.4 Å². The number of aliphatic hydroxyl groups excluding tert-OH is 1. The zero-order valence-corrected chi connectivity index (χ0v) is 18.7. The fourth-order valence-corrected chi connectivity index (χ4v) is 4.43. The summed E-state index contributed by atoms with van der Waals surface area (Å²) in [5, 5.41) is 10.5. The molecule has 0 bridgehead atoms. The minimum atomic E-state index is -0.506. The first kappa shape index (κ1) is 22.3. The molecule has 29 heavy (non-hydrogen) atoms. The van der Waals surface area contributed by atoms with E-state index < -0.39 is 6.10 Å². The van der Waals surface area contributed by atoms with E-state index in [9.17, 15) is 5.11 Å². The van der Waals surface area contributed by atoms with Crippen LogP contribution in [0.25, 0.3) is 0 Å². The molecule has 2 aliphatic rings. The minimum Gasteiger partial charge on any atom is -0.493 e. The van der Waals surface area contributed by atoms with Gasteiger partial charge in [0, 0.05) is 31.7 Å². The number of likely N-dealkylation sites (N-methyl/N-ethyl adjacent to an activating group) is 1. The highest BCUT2D eigenvalue weighted by molar-refractivity contribution is 5.43. The maximum atomic E-state index is 10.5. The number of hydrogen-bond acceptors (Lipinski definition) is 6. The van der Waals surface area contributed by atoms with Gasteiger partial charge in [-0.1, -0.05) is 6.07 Å². The van der Waals surface area contributed by atoms with Gasteiger partial charge < -0.3 is 19.5 Å². The third-order valence-electron chi connectivity index (χ3n) is 6.39. The van der Waals surface area contributed by atoms with E-state index in [0.29, 0.717) is 12.3 Å². The van der Waals surface area contributed by atoms with E-state index in [0.717, 1.165) is 51.4 Å². The number of β-amino-alcohol motifs (C(OH)–C–C–N with tert-alkyl or cyclic N) is 1. The van der Waals surface area contributed by atoms with Crippen LogP contribution in [0.5, 0.6) is 11.5 Å². The molecule has 1 unspecified atom stereocenters. The van der Waals surface area contributed by atoms with Gasteiger partial charge in [-0.3, -0.25) is 9.80 Å². The summed E-state index contributed by atoms with van der Waals surface area (Å²) >= 11 is 0. The van der Waals surface area contributed by atoms with Crippen molar-refractivity contribution in [2.75, 3.05) is 60.0 Å². The molecule has 1 N–H and O–H groups in total. The summed E-state index contributed by atoms with van der Waals surface area (Å²) in [6.07, 6.45) is 3.15. The van der Waals surface area contributed by atoms with Crippen molar-refractivity contribution in [3.8, 4) is 11.5 Å². The molecule has 164 valence electrons. The Balaban J connectivity index is 1.52. The van der Waals surface area contributed by atoms with E-state index in [1.54, 1.807) is 7.11 Å². The number of benzene rings is 1. The number of methoxy groups -OCH3 is 1. The summed E-state index contributed by atoms with van der Waals surface area (Å²) < 4.78 is 11.5. The lowest BCUT2D eigenvalue weighted by Gasteiger charge is -2.31. The Labute approximate surface area is 176 Å². The molecule has 0 aromatic heterocycles. The van der Waals surface area contributed by atoms with E-state index in [1.807, 2.05) is 6.07 Å². The molecule has 0 spiro atoms. The summed E-state index contributed by atoms with van der Waals surface area (Å²) in [6.45, 7) is 11.8. The van der Waals surface area contributed by atoms with Gasteiger partial charge in [-0.15, -0.1) is 0 Å². The van der Waals surface area contributed by atoms with Crippen LogP contribution in [-0.2, 0) is 6.54 Å². The monoisotopic (exact) mass is 405 g/mol. The zero-order chi connectivity index (χ0) is 20.9. The Kier molecular flexibility index (Phi) is 7.79. The largest absolute Gasteiger partial charge is 0.493 e. The van der Waals surface area contributed by atoms with Gasteiger partial charge in [0.2, 0.25) is 0 Å². The van der Waals surface area contributed by atoms with E-state index in [4.69, 9.17) is 9.47 Å². The fourth-order valence-electron chi connectivity index (χ4n) is 4.43. The lowest BCUT2D eigenvalue weighted by Crippen LogP contribution is -2.37. The third kappa shape index (κ3) is 6.32. The Morgan fingerprint density at radius 3 is 2.62 bits per heavy atom. The van der Waals surface area contributed by atoms with Crippen LogP contribution in [0.3, 0.4) is 0 Å². The van der Waals surface area contributed by atoms with Gasteiger partial charge in [0.15, 0.2) is 11.5 Å². The molecule has 1 aromatic rings. The van der Waals surface area contributed by atoms with Gasteiger partial charge in [0.25, 0.3) is 0 Å². The molecular formula is C23H39N3O3. The zero-order valence-electron chi connectivity index (χ0n) is 18.7. The highest BCUT2D eigenvalue weighted by Gasteiger charge is 2.31. The van der Waals surface area contributed by atoms with Crippen molar-refractivity contribution in [1.82, 2.24) is 14.7 Å². The van der Waals surface area contributed by atoms with Gasteiger partial charge in [-0.05, 0) is 77.5 Å². The summed E-state index contributed by atoms with van der Waals surface area (Å²) in [4.78, 5) is 7.21. The van der Waals surface area contributed by atoms with Crippen LogP contribution in [0.4, 0.5) is 0 Å². The highest BCUT2D eigenvalue weighted by atomic mass is 16.5. The second kappa shape index (κ2) is 10.1. The number of hydrogen-bond donors (Lipinski definition) is 1. The van der Waals surface area contributed by atoms with Crippen LogP contribution in [-0.4, -0.2) is 91.5 Å². The number of likely N-dealkylation sites (tertiary alicyclic amines) is 1. The minimum absolute atomic E-state index is 0.259. The lowest BCUT2D eigenvalue weighted by molar-refractivity contribution is 0.0685. The van der Waals surface area contributed by atoms with Crippen LogP contribution in [0.1, 0.15) is 38.7 Å². The molecule has 2 saturated heterocycles. The molecule has 0 aliphatic carbocycles. The van der Waals surface area contributed by atoms with Crippen molar-refractivity contribution in [2.45, 2.75) is 51.3 Å². The topological polar surface area (TPSA) is 48.4 Å². The number of nitrogens with zero attached hydrogens (tertiary/aromatic N) is 3. The second-order valence-electron chi connectivity index (χ2n) is 9.25. The molecule has 0 saturated carbocycles. The number of rotatable bonds is 8. The predicted octanol–water partition coefficient (Wildman–Crippen LogP) is 2.45. The fraction of sp³-hybridized carbons (Fsp3) is 0.739. The number of ether oxygens (including phenoxy) is 2. The normalized spacial score (nSPS) is 22.4. The standard InChI is InChI=1S/C23H39N3O3/c1-23(2)9-5-12-26(23)16-19-7-8-21(22(15-19)28-4)29-18-20(27)17-25-11-6-10-24(3)13-14-25/h7-8,15,20,27H,5-6,9-14,16-18H2,1-4H3. The Hall–Kier alpha value is -1.34. The summed E-state index contributed by atoms with van der Waals surface area (Å²) in [5.74, 6) is 1.44. The molecular weight excluding hydrogens is 366 g/mol. The summed E-state index contributed by atoms with van der Waals surface area (Å²) in [7, 11) is 3.83. The molecule has 3 rings (SSSR count). The van der Waals surface area contributed by atoms with Crippen LogP contribution < -0.4 is 9.47 Å². The molecule has 1 atom stereocenters. The smallest absolute Gasteiger partial charge is 0.161 e. The van der Waals surface area contributed by atoms with Crippen LogP contribution in [0.15, 0.2) is 18.2 Å². The van der Waals surface area contributed by atoms with Gasteiger partial charge in [0.05, 0.1) is 7.11 Å². The second-order valence-corrected chi connectivity index (χ2v) is 9.25. The van der Waals surface area contributed by atoms with Crippen LogP contribution >= 0.6 is 0 Å². The Morgan fingerprint density at radius 1 is 1.07 bits per heavy atom. The average Bonchev–Trinajstić information content (AvgIpc) is 2.88. The Morgan fingerprint density at radius 2 is 1.90 bits per heavy atom. The van der Waals surface area contributed by atoms with Gasteiger partial charge in [-0.25, -0.2) is 0 Å². The third-order valence-corrected chi connectivity index (χ3v) is 6.39. The predicted molar refractivity (Wildman–Crippen MR) is 117 cm³/mol. The van der Waals surface area contributed by atoms with Crippen LogP contribution in [0, 0.1) is 0 Å². The first-order chi connectivity index (χ1) is 13.9. The lowest BCUT2D eigenvalue weighted by atomic mass is 10.0. The van der Waals surface area contributed by atoms with Crippen molar-refractivity contribution in [3.63, 3.8) is 0 Å². The SMILES string of the molecule is COc1cc(CN2CCCC2(C)C)ccc1OCC(O)CN1CCCN(C)CC1. The van der Waals surface area contributed by atoms with Crippen molar-refractivity contribution >= 4 is 0 Å². The van der Waals surface area contributed by atoms with E-state index in [-0.39, 0.29) is 12.1 Å². The van der Waals surface area contributed by atoms with Gasteiger partial charge in [-0.2, -0.15) is 0 Å². The molecule has 1 aromatic carbocycles. The highest BCUT2D eigenvalue weighted by Crippen LogP contribution is 2.33. The Bertz CT molecular complexity index is 652.